The molecule has 2 aliphatic heterocycles. The van der Waals surface area contributed by atoms with Crippen LogP contribution < -0.4 is 0 Å². The van der Waals surface area contributed by atoms with Crippen LogP contribution in [0.25, 0.3) is 21.6 Å². The molecule has 0 bridgehead atoms. The highest BCUT2D eigenvalue weighted by Crippen LogP contribution is 2.42. The third-order valence-electron chi connectivity index (χ3n) is 8.25. The van der Waals surface area contributed by atoms with Crippen molar-refractivity contribution in [2.75, 3.05) is 6.61 Å². The average molecular weight is 590 g/mol. The maximum absolute atomic E-state index is 13.5. The summed E-state index contributed by atoms with van der Waals surface area (Å²) >= 11 is 0. The molecule has 42 heavy (non-hydrogen) atoms. The predicted octanol–water partition coefficient (Wildman–Crippen LogP) is 6.43. The molecule has 0 aromatic heterocycles. The van der Waals surface area contributed by atoms with Crippen molar-refractivity contribution in [1.82, 2.24) is 0 Å². The van der Waals surface area contributed by atoms with Gasteiger partial charge in [-0.05, 0) is 40.9 Å². The molecule has 2 aliphatic carbocycles. The van der Waals surface area contributed by atoms with Gasteiger partial charge in [-0.3, -0.25) is 4.79 Å². The predicted molar refractivity (Wildman–Crippen MR) is 157 cm³/mol. The van der Waals surface area contributed by atoms with Crippen LogP contribution in [0.4, 0.5) is 0 Å². The van der Waals surface area contributed by atoms with E-state index in [0.717, 1.165) is 11.1 Å². The van der Waals surface area contributed by atoms with Crippen LogP contribution in [0.2, 0.25) is 18.1 Å². The molecule has 11 heteroatoms. The molecule has 4 aliphatic rings. The molecule has 1 aromatic rings. The van der Waals surface area contributed by atoms with E-state index in [0.29, 0.717) is 5.56 Å². The topological polar surface area (TPSA) is 129 Å². The number of nitrogens with zero attached hydrogens (tertiary/aromatic N) is 3. The van der Waals surface area contributed by atoms with Gasteiger partial charge in [0.05, 0.1) is 6.61 Å². The first-order valence-corrected chi connectivity index (χ1v) is 16.8. The van der Waals surface area contributed by atoms with E-state index < -0.39 is 57.0 Å². The first-order valence-electron chi connectivity index (χ1n) is 13.9. The number of ether oxygens (including phenoxy) is 4. The van der Waals surface area contributed by atoms with Gasteiger partial charge in [-0.25, -0.2) is 4.79 Å². The van der Waals surface area contributed by atoms with E-state index in [2.05, 4.69) is 30.8 Å². The summed E-state index contributed by atoms with van der Waals surface area (Å²) in [5, 5.41) is 3.79. The first-order chi connectivity index (χ1) is 20.0. The van der Waals surface area contributed by atoms with Crippen LogP contribution in [0.5, 0.6) is 0 Å². The van der Waals surface area contributed by atoms with E-state index in [1.54, 1.807) is 24.3 Å². The highest BCUT2D eigenvalue weighted by Gasteiger charge is 2.54. The number of carbonyl (C=O) groups excluding carboxylic acids is 2. The third-order valence-corrected chi connectivity index (χ3v) is 12.7. The van der Waals surface area contributed by atoms with Crippen molar-refractivity contribution in [2.45, 2.75) is 75.8 Å². The Labute approximate surface area is 246 Å². The summed E-state index contributed by atoms with van der Waals surface area (Å²) in [4.78, 5) is 30.0. The second-order valence-electron chi connectivity index (χ2n) is 12.0. The van der Waals surface area contributed by atoms with Crippen molar-refractivity contribution in [3.63, 3.8) is 0 Å². The maximum Gasteiger partial charge on any atom is 0.380 e. The van der Waals surface area contributed by atoms with Crippen molar-refractivity contribution in [3.8, 4) is 11.1 Å². The summed E-state index contributed by atoms with van der Waals surface area (Å²) in [6.07, 6.45) is -4.62. The quantitative estimate of drug-likeness (QED) is 0.0591. The minimum Gasteiger partial charge on any atom is -0.453 e. The van der Waals surface area contributed by atoms with Crippen molar-refractivity contribution in [1.29, 1.82) is 0 Å². The van der Waals surface area contributed by atoms with Crippen LogP contribution >= 0.6 is 0 Å². The fourth-order valence-electron chi connectivity index (χ4n) is 4.92. The van der Waals surface area contributed by atoms with Crippen LogP contribution in [0.1, 0.15) is 43.0 Å². The number of carbonyl (C=O) groups is 2. The molecule has 0 radical (unpaired) electrons. The zero-order chi connectivity index (χ0) is 30.1. The lowest BCUT2D eigenvalue weighted by Crippen LogP contribution is -2.64. The molecule has 2 heterocycles. The van der Waals surface area contributed by atoms with Gasteiger partial charge in [0.1, 0.15) is 24.4 Å². The molecule has 1 aromatic carbocycles. The van der Waals surface area contributed by atoms with E-state index in [-0.39, 0.29) is 17.2 Å². The second kappa shape index (κ2) is 12.0. The van der Waals surface area contributed by atoms with Crippen molar-refractivity contribution >= 4 is 20.1 Å². The van der Waals surface area contributed by atoms with Crippen LogP contribution in [0.3, 0.4) is 0 Å². The van der Waals surface area contributed by atoms with Crippen LogP contribution in [0.15, 0.2) is 77.9 Å². The van der Waals surface area contributed by atoms with Gasteiger partial charge in [0.15, 0.2) is 20.9 Å². The summed E-state index contributed by atoms with van der Waals surface area (Å²) in [7, 11) is -2.46. The smallest absolute Gasteiger partial charge is 0.380 e. The number of ketones is 1. The SMILES string of the molecule is CC(C)(C)[Si](C)(C)O[C@@H]1O[C@@H]2CO[C@@H](c3ccccc3)O[C@H]2[C@H](OC(=O)C(=O)c2ccc3cccccc2-3)[C@H]1N=[N+]=[N-]. The highest BCUT2D eigenvalue weighted by molar-refractivity contribution is 6.74. The molecular weight excluding hydrogens is 554 g/mol. The molecule has 2 fully saturated rings. The molecule has 5 rings (SSSR count). The van der Waals surface area contributed by atoms with Crippen molar-refractivity contribution < 1.29 is 33.0 Å². The average Bonchev–Trinajstić information content (AvgIpc) is 3.21. The van der Waals surface area contributed by atoms with Crippen LogP contribution in [-0.4, -0.2) is 57.3 Å². The molecule has 220 valence electrons. The maximum atomic E-state index is 13.5. The molecule has 2 saturated heterocycles. The summed E-state index contributed by atoms with van der Waals surface area (Å²) in [5.41, 5.74) is 12.0. The first kappa shape index (κ1) is 29.9. The van der Waals surface area contributed by atoms with Gasteiger partial charge in [-0.1, -0.05) is 92.6 Å². The van der Waals surface area contributed by atoms with Crippen LogP contribution in [0, 0.1) is 0 Å². The Bertz CT molecular complexity index is 1450. The number of benzene rings is 1. The number of Topliss-reactive ketones (excluding diaryl/α,β-unsaturated/α-hetero) is 1. The van der Waals surface area contributed by atoms with Crippen molar-refractivity contribution in [3.05, 3.63) is 94.4 Å². The van der Waals surface area contributed by atoms with Crippen LogP contribution in [-0.2, 0) is 28.2 Å². The monoisotopic (exact) mass is 589 g/mol. The highest BCUT2D eigenvalue weighted by atomic mass is 28.4. The van der Waals surface area contributed by atoms with E-state index >= 15 is 0 Å². The second-order valence-corrected chi connectivity index (χ2v) is 16.8. The summed E-state index contributed by atoms with van der Waals surface area (Å²) < 4.78 is 31.1. The molecule has 0 amide bonds. The molecule has 0 spiro atoms. The van der Waals surface area contributed by atoms with Gasteiger partial charge in [0.2, 0.25) is 0 Å². The van der Waals surface area contributed by atoms with Gasteiger partial charge < -0.3 is 23.4 Å². The molecule has 0 N–H and O–H groups in total. The summed E-state index contributed by atoms with van der Waals surface area (Å²) in [6.45, 7) is 10.4. The number of hydrogen-bond donors (Lipinski definition) is 0. The third kappa shape index (κ3) is 5.98. The number of hydrogen-bond acceptors (Lipinski definition) is 8. The lowest BCUT2D eigenvalue weighted by molar-refractivity contribution is -0.333. The zero-order valence-corrected chi connectivity index (χ0v) is 25.3. The Kier molecular flexibility index (Phi) is 8.52. The minimum atomic E-state index is -2.46. The Morgan fingerprint density at radius 2 is 1.67 bits per heavy atom. The number of azide groups is 1. The molecular formula is C31H35N3O7Si. The van der Waals surface area contributed by atoms with Gasteiger partial charge in [0, 0.05) is 16.0 Å². The molecule has 0 saturated carbocycles. The molecule has 6 atom stereocenters. The van der Waals surface area contributed by atoms with E-state index in [9.17, 15) is 15.1 Å². The molecule has 0 unspecified atom stereocenters. The summed E-state index contributed by atoms with van der Waals surface area (Å²) in [6, 6.07) is 20.7. The fraction of sp³-hybridized carbons (Fsp3) is 0.419. The minimum absolute atomic E-state index is 0.108. The standard InChI is InChI=1S/C31H35N3O7Si/c1-31(2,3)42(4,5)41-30-24(33-34-32)27(26-23(38-30)18-37-29(40-26)20-13-9-6-10-14-20)39-28(36)25(35)22-17-16-19-12-8-7-11-15-21(19)22/h6-17,23-24,26-27,29-30H,18H2,1-5H3/t23-,24-,26-,27-,29-,30+/m1/s1. The lowest BCUT2D eigenvalue weighted by atomic mass is 9.96. The van der Waals surface area contributed by atoms with E-state index in [1.165, 1.54) is 0 Å². The Morgan fingerprint density at radius 1 is 0.976 bits per heavy atom. The Morgan fingerprint density at radius 3 is 2.36 bits per heavy atom. The van der Waals surface area contributed by atoms with Crippen molar-refractivity contribution in [2.24, 2.45) is 5.11 Å². The lowest BCUT2D eigenvalue weighted by Gasteiger charge is -2.50. The van der Waals surface area contributed by atoms with E-state index in [1.807, 2.05) is 61.6 Å². The van der Waals surface area contributed by atoms with E-state index in [4.69, 9.17) is 23.4 Å². The Hall–Kier alpha value is -3.57. The zero-order valence-electron chi connectivity index (χ0n) is 24.3. The summed E-state index contributed by atoms with van der Waals surface area (Å²) in [5.74, 6) is -1.90. The number of esters is 1. The molecule has 10 nitrogen and oxygen atoms in total. The number of rotatable bonds is 7. The normalized spacial score (nSPS) is 26.1. The number of fused-ring (bicyclic) bond motifs is 2. The fourth-order valence-corrected chi connectivity index (χ4v) is 6.05. The van der Waals surface area contributed by atoms with Gasteiger partial charge >= 0.3 is 5.97 Å². The largest absolute Gasteiger partial charge is 0.453 e. The van der Waals surface area contributed by atoms with Gasteiger partial charge in [-0.15, -0.1) is 0 Å². The Balaban J connectivity index is 1.48. The van der Waals surface area contributed by atoms with Gasteiger partial charge in [0.25, 0.3) is 5.78 Å². The van der Waals surface area contributed by atoms with Gasteiger partial charge in [-0.2, -0.15) is 0 Å².